The molecule has 0 aliphatic carbocycles. The third-order valence-electron chi connectivity index (χ3n) is 5.77. The Labute approximate surface area is 187 Å². The highest BCUT2D eigenvalue weighted by molar-refractivity contribution is 5.82. The first kappa shape index (κ1) is 23.9. The van der Waals surface area contributed by atoms with Gasteiger partial charge >= 0.3 is 0 Å². The molecule has 0 saturated carbocycles. The van der Waals surface area contributed by atoms with Gasteiger partial charge in [0.05, 0.1) is 19.1 Å². The van der Waals surface area contributed by atoms with Crippen molar-refractivity contribution in [3.05, 3.63) is 71.3 Å². The molecular formula is C25H30F2N2O3. The van der Waals surface area contributed by atoms with Gasteiger partial charge in [-0.3, -0.25) is 9.59 Å². The molecule has 0 bridgehead atoms. The first-order valence-corrected chi connectivity index (χ1v) is 11.1. The zero-order chi connectivity index (χ0) is 22.9. The molecule has 32 heavy (non-hydrogen) atoms. The summed E-state index contributed by atoms with van der Waals surface area (Å²) >= 11 is 0. The lowest BCUT2D eigenvalue weighted by Crippen LogP contribution is -2.47. The Morgan fingerprint density at radius 3 is 2.31 bits per heavy atom. The largest absolute Gasteiger partial charge is 0.378 e. The van der Waals surface area contributed by atoms with Crippen LogP contribution in [0.25, 0.3) is 0 Å². The summed E-state index contributed by atoms with van der Waals surface area (Å²) in [6.45, 7) is 3.99. The fraction of sp³-hybridized carbons (Fsp3) is 0.440. The van der Waals surface area contributed by atoms with E-state index < -0.39 is 5.92 Å². The lowest BCUT2D eigenvalue weighted by Gasteiger charge is -2.31. The summed E-state index contributed by atoms with van der Waals surface area (Å²) in [6, 6.07) is 12.5. The summed E-state index contributed by atoms with van der Waals surface area (Å²) in [5.74, 6) is -1.64. The van der Waals surface area contributed by atoms with E-state index in [1.807, 2.05) is 13.0 Å². The number of carbonyl (C=O) groups is 2. The Morgan fingerprint density at radius 1 is 1.03 bits per heavy atom. The van der Waals surface area contributed by atoms with Crippen LogP contribution in [-0.2, 0) is 27.2 Å². The molecule has 2 atom stereocenters. The van der Waals surface area contributed by atoms with Crippen molar-refractivity contribution in [2.75, 3.05) is 32.8 Å². The molecule has 1 saturated heterocycles. The third kappa shape index (κ3) is 7.12. The van der Waals surface area contributed by atoms with Gasteiger partial charge in [-0.25, -0.2) is 8.78 Å². The minimum Gasteiger partial charge on any atom is -0.378 e. The molecule has 3 rings (SSSR count). The summed E-state index contributed by atoms with van der Waals surface area (Å²) in [4.78, 5) is 27.5. The molecule has 1 heterocycles. The summed E-state index contributed by atoms with van der Waals surface area (Å²) in [5.41, 5.74) is 1.56. The normalized spacial score (nSPS) is 15.8. The van der Waals surface area contributed by atoms with E-state index >= 15 is 0 Å². The van der Waals surface area contributed by atoms with Crippen molar-refractivity contribution in [2.45, 2.75) is 26.2 Å². The molecule has 0 spiro atoms. The zero-order valence-electron chi connectivity index (χ0n) is 18.4. The molecule has 2 aromatic rings. The predicted molar refractivity (Wildman–Crippen MR) is 118 cm³/mol. The maximum absolute atomic E-state index is 13.6. The van der Waals surface area contributed by atoms with E-state index in [0.717, 1.165) is 5.56 Å². The molecule has 0 aromatic heterocycles. The summed E-state index contributed by atoms with van der Waals surface area (Å²) in [6.07, 6.45) is 1.50. The van der Waals surface area contributed by atoms with E-state index in [4.69, 9.17) is 4.74 Å². The fourth-order valence-corrected chi connectivity index (χ4v) is 3.84. The fourth-order valence-electron chi connectivity index (χ4n) is 3.84. The van der Waals surface area contributed by atoms with Crippen LogP contribution in [0.1, 0.15) is 24.5 Å². The molecule has 5 nitrogen and oxygen atoms in total. The Morgan fingerprint density at radius 2 is 1.66 bits per heavy atom. The minimum atomic E-state index is -0.491. The molecular weight excluding hydrogens is 414 g/mol. The molecule has 0 radical (unpaired) electrons. The van der Waals surface area contributed by atoms with Gasteiger partial charge in [0.2, 0.25) is 11.8 Å². The number of rotatable bonds is 9. The van der Waals surface area contributed by atoms with Gasteiger partial charge in [-0.1, -0.05) is 31.2 Å². The molecule has 2 amide bonds. The molecule has 0 unspecified atom stereocenters. The SMILES string of the molecule is C[C@H](CCc1cccc(F)c1)C(=O)NC[C@@H](Cc1cccc(F)c1)C(=O)N1CCOCC1. The van der Waals surface area contributed by atoms with Crippen molar-refractivity contribution in [1.82, 2.24) is 10.2 Å². The van der Waals surface area contributed by atoms with Crippen LogP contribution in [0.3, 0.4) is 0 Å². The van der Waals surface area contributed by atoms with Crippen LogP contribution >= 0.6 is 0 Å². The molecule has 1 fully saturated rings. The van der Waals surface area contributed by atoms with Crippen molar-refractivity contribution in [1.29, 1.82) is 0 Å². The number of morpholine rings is 1. The van der Waals surface area contributed by atoms with E-state index in [2.05, 4.69) is 5.32 Å². The van der Waals surface area contributed by atoms with Gasteiger partial charge in [0.15, 0.2) is 0 Å². The van der Waals surface area contributed by atoms with Gasteiger partial charge in [0.1, 0.15) is 11.6 Å². The van der Waals surface area contributed by atoms with Crippen LogP contribution in [0.15, 0.2) is 48.5 Å². The minimum absolute atomic E-state index is 0.0646. The van der Waals surface area contributed by atoms with E-state index in [-0.39, 0.29) is 35.9 Å². The first-order chi connectivity index (χ1) is 15.4. The average molecular weight is 445 g/mol. The highest BCUT2D eigenvalue weighted by Gasteiger charge is 2.27. The van der Waals surface area contributed by atoms with E-state index in [1.54, 1.807) is 23.1 Å². The zero-order valence-corrected chi connectivity index (χ0v) is 18.4. The van der Waals surface area contributed by atoms with Crippen molar-refractivity contribution >= 4 is 11.8 Å². The average Bonchev–Trinajstić information content (AvgIpc) is 2.80. The second kappa shape index (κ2) is 11.7. The van der Waals surface area contributed by atoms with Crippen LogP contribution in [0.5, 0.6) is 0 Å². The Kier molecular flexibility index (Phi) is 8.73. The number of halogens is 2. The number of nitrogens with zero attached hydrogens (tertiary/aromatic N) is 1. The highest BCUT2D eigenvalue weighted by atomic mass is 19.1. The van der Waals surface area contributed by atoms with Gasteiger partial charge in [-0.2, -0.15) is 0 Å². The maximum Gasteiger partial charge on any atom is 0.227 e. The van der Waals surface area contributed by atoms with Crippen molar-refractivity contribution in [3.8, 4) is 0 Å². The van der Waals surface area contributed by atoms with Gasteiger partial charge in [0.25, 0.3) is 0 Å². The van der Waals surface area contributed by atoms with Crippen molar-refractivity contribution in [2.24, 2.45) is 11.8 Å². The van der Waals surface area contributed by atoms with Gasteiger partial charge in [-0.05, 0) is 54.7 Å². The lowest BCUT2D eigenvalue weighted by molar-refractivity contribution is -0.139. The third-order valence-corrected chi connectivity index (χ3v) is 5.77. The number of hydrogen-bond acceptors (Lipinski definition) is 3. The molecule has 1 N–H and O–H groups in total. The van der Waals surface area contributed by atoms with Crippen LogP contribution in [0.4, 0.5) is 8.78 Å². The number of benzene rings is 2. The monoisotopic (exact) mass is 444 g/mol. The smallest absolute Gasteiger partial charge is 0.227 e. The van der Waals surface area contributed by atoms with Gasteiger partial charge in [-0.15, -0.1) is 0 Å². The van der Waals surface area contributed by atoms with Gasteiger partial charge < -0.3 is 15.0 Å². The van der Waals surface area contributed by atoms with E-state index in [9.17, 15) is 18.4 Å². The number of hydrogen-bond donors (Lipinski definition) is 1. The number of ether oxygens (including phenoxy) is 1. The molecule has 172 valence electrons. The molecule has 1 aliphatic rings. The first-order valence-electron chi connectivity index (χ1n) is 11.1. The van der Waals surface area contributed by atoms with Crippen LogP contribution in [-0.4, -0.2) is 49.6 Å². The van der Waals surface area contributed by atoms with E-state index in [1.165, 1.54) is 24.3 Å². The van der Waals surface area contributed by atoms with Crippen molar-refractivity contribution in [3.63, 3.8) is 0 Å². The van der Waals surface area contributed by atoms with Crippen LogP contribution in [0.2, 0.25) is 0 Å². The lowest BCUT2D eigenvalue weighted by atomic mass is 9.96. The maximum atomic E-state index is 13.6. The Bertz CT molecular complexity index is 916. The second-order valence-corrected chi connectivity index (χ2v) is 8.28. The number of carbonyl (C=O) groups excluding carboxylic acids is 2. The summed E-state index contributed by atoms with van der Waals surface area (Å²) < 4.78 is 32.3. The van der Waals surface area contributed by atoms with Crippen LogP contribution < -0.4 is 5.32 Å². The Hall–Kier alpha value is -2.80. The highest BCUT2D eigenvalue weighted by Crippen LogP contribution is 2.16. The van der Waals surface area contributed by atoms with E-state index in [0.29, 0.717) is 51.1 Å². The second-order valence-electron chi connectivity index (χ2n) is 8.28. The van der Waals surface area contributed by atoms with Crippen molar-refractivity contribution < 1.29 is 23.1 Å². The predicted octanol–water partition coefficient (Wildman–Crippen LogP) is 3.37. The quantitative estimate of drug-likeness (QED) is 0.645. The van der Waals surface area contributed by atoms with Crippen LogP contribution in [0, 0.1) is 23.5 Å². The van der Waals surface area contributed by atoms with Gasteiger partial charge in [0, 0.05) is 25.6 Å². The standard InChI is InChI=1S/C25H30F2N2O3/c1-18(8-9-19-4-2-6-22(26)15-19)24(30)28-17-21(14-20-5-3-7-23(27)16-20)25(31)29-10-12-32-13-11-29/h2-7,15-16,18,21H,8-14,17H2,1H3,(H,28,30)/t18-,21-/m1/s1. The topological polar surface area (TPSA) is 58.6 Å². The molecule has 2 aromatic carbocycles. The molecule has 7 heteroatoms. The summed E-state index contributed by atoms with van der Waals surface area (Å²) in [7, 11) is 0. The number of aryl methyl sites for hydroxylation is 1. The molecule has 1 aliphatic heterocycles. The summed E-state index contributed by atoms with van der Waals surface area (Å²) in [5, 5.41) is 2.90. The number of nitrogens with one attached hydrogen (secondary N) is 1. The Balaban J connectivity index is 1.58. The number of amides is 2.